The van der Waals surface area contributed by atoms with Crippen molar-refractivity contribution in [2.75, 3.05) is 13.2 Å². The lowest BCUT2D eigenvalue weighted by molar-refractivity contribution is 0.0697. The van der Waals surface area contributed by atoms with E-state index in [1.165, 1.54) is 5.38 Å². The normalized spacial score (nSPS) is 18.5. The molecule has 0 radical (unpaired) electrons. The van der Waals surface area contributed by atoms with Gasteiger partial charge in [0.1, 0.15) is 4.21 Å². The molecule has 0 spiro atoms. The molecule has 6 nitrogen and oxygen atoms in total. The van der Waals surface area contributed by atoms with Crippen molar-refractivity contribution in [3.05, 3.63) is 17.0 Å². The van der Waals surface area contributed by atoms with Gasteiger partial charge in [-0.2, -0.15) is 0 Å². The molecule has 1 fully saturated rings. The van der Waals surface area contributed by atoms with Gasteiger partial charge in [-0.3, -0.25) is 0 Å². The third-order valence-corrected chi connectivity index (χ3v) is 6.81. The van der Waals surface area contributed by atoms with Crippen LogP contribution < -0.4 is 4.72 Å². The van der Waals surface area contributed by atoms with Crippen molar-refractivity contribution in [2.45, 2.75) is 36.3 Å². The summed E-state index contributed by atoms with van der Waals surface area (Å²) >= 11 is 0.884. The molecule has 118 valence electrons. The number of hydrogen-bond donors (Lipinski definition) is 3. The summed E-state index contributed by atoms with van der Waals surface area (Å²) in [7, 11) is -3.73. The van der Waals surface area contributed by atoms with E-state index in [1.807, 2.05) is 0 Å². The molecular weight excluding hydrogens is 314 g/mol. The number of aliphatic hydroxyl groups excluding tert-OH is 1. The van der Waals surface area contributed by atoms with Crippen molar-refractivity contribution >= 4 is 27.3 Å². The molecule has 2 rings (SSSR count). The van der Waals surface area contributed by atoms with E-state index in [9.17, 15) is 18.3 Å². The van der Waals surface area contributed by atoms with Crippen molar-refractivity contribution in [1.29, 1.82) is 0 Å². The molecule has 21 heavy (non-hydrogen) atoms. The maximum absolute atomic E-state index is 12.2. The molecular formula is C13H19NO5S2. The van der Waals surface area contributed by atoms with Crippen molar-refractivity contribution in [3.8, 4) is 0 Å². The Labute approximate surface area is 127 Å². The van der Waals surface area contributed by atoms with Crippen LogP contribution in [-0.4, -0.2) is 37.8 Å². The summed E-state index contributed by atoms with van der Waals surface area (Å²) in [6.07, 6.45) is 4.70. The van der Waals surface area contributed by atoms with Gasteiger partial charge in [0.2, 0.25) is 10.0 Å². The lowest BCUT2D eigenvalue weighted by atomic mass is 9.75. The number of carboxylic acid groups (broad SMARTS) is 1. The highest BCUT2D eigenvalue weighted by Gasteiger charge is 2.33. The maximum atomic E-state index is 12.2. The average molecular weight is 333 g/mol. The van der Waals surface area contributed by atoms with Crippen molar-refractivity contribution in [2.24, 2.45) is 5.41 Å². The third-order valence-electron chi connectivity index (χ3n) is 3.97. The number of rotatable bonds is 6. The molecule has 1 heterocycles. The Kier molecular flexibility index (Phi) is 5.03. The van der Waals surface area contributed by atoms with E-state index < -0.39 is 21.4 Å². The summed E-state index contributed by atoms with van der Waals surface area (Å²) < 4.78 is 26.9. The fourth-order valence-electron chi connectivity index (χ4n) is 2.58. The van der Waals surface area contributed by atoms with Crippen LogP contribution in [0.2, 0.25) is 0 Å². The summed E-state index contributed by atoms with van der Waals surface area (Å²) in [5.41, 5.74) is -0.423. The number of thiophene rings is 1. The zero-order valence-electron chi connectivity index (χ0n) is 11.5. The number of nitrogens with one attached hydrogen (secondary N) is 1. The smallest absolute Gasteiger partial charge is 0.336 e. The molecule has 0 unspecified atom stereocenters. The molecule has 1 saturated carbocycles. The van der Waals surface area contributed by atoms with Gasteiger partial charge in [0.15, 0.2) is 0 Å². The number of sulfonamides is 1. The van der Waals surface area contributed by atoms with Gasteiger partial charge in [-0.1, -0.05) is 19.3 Å². The molecule has 1 aliphatic rings. The van der Waals surface area contributed by atoms with E-state index >= 15 is 0 Å². The van der Waals surface area contributed by atoms with Crippen LogP contribution in [0.25, 0.3) is 0 Å². The second-order valence-corrected chi connectivity index (χ2v) is 8.41. The van der Waals surface area contributed by atoms with E-state index in [2.05, 4.69) is 4.72 Å². The highest BCUT2D eigenvalue weighted by Crippen LogP contribution is 2.35. The molecule has 8 heteroatoms. The molecule has 0 bridgehead atoms. The zero-order chi connectivity index (χ0) is 15.5. The molecule has 0 aromatic carbocycles. The standard InChI is InChI=1S/C13H19NO5S2/c15-9-13(4-2-1-3-5-13)8-14-21(18,19)11-6-10(7-20-11)12(16)17/h6-7,14-15H,1-5,8-9H2,(H,16,17). The Balaban J connectivity index is 2.07. The van der Waals surface area contributed by atoms with E-state index in [1.54, 1.807) is 0 Å². The van der Waals surface area contributed by atoms with Gasteiger partial charge in [0.25, 0.3) is 0 Å². The van der Waals surface area contributed by atoms with Crippen LogP contribution in [0.5, 0.6) is 0 Å². The maximum Gasteiger partial charge on any atom is 0.336 e. The van der Waals surface area contributed by atoms with Crippen LogP contribution in [0.4, 0.5) is 0 Å². The first-order chi connectivity index (χ1) is 9.88. The molecule has 1 aromatic rings. The first kappa shape index (κ1) is 16.4. The van der Waals surface area contributed by atoms with E-state index in [-0.39, 0.29) is 22.9 Å². The van der Waals surface area contributed by atoms with Gasteiger partial charge >= 0.3 is 5.97 Å². The van der Waals surface area contributed by atoms with Crippen LogP contribution >= 0.6 is 11.3 Å². The number of aliphatic hydroxyl groups is 1. The van der Waals surface area contributed by atoms with Crippen LogP contribution in [0.1, 0.15) is 42.5 Å². The summed E-state index contributed by atoms with van der Waals surface area (Å²) in [4.78, 5) is 10.8. The molecule has 1 aromatic heterocycles. The first-order valence-electron chi connectivity index (χ1n) is 6.81. The van der Waals surface area contributed by atoms with Crippen LogP contribution in [0.15, 0.2) is 15.7 Å². The summed E-state index contributed by atoms with van der Waals surface area (Å²) in [6.45, 7) is 0.145. The van der Waals surface area contributed by atoms with Crippen LogP contribution in [0, 0.1) is 5.41 Å². The second kappa shape index (κ2) is 6.43. The summed E-state index contributed by atoms with van der Waals surface area (Å²) in [6, 6.07) is 1.15. The number of carboxylic acids is 1. The molecule has 0 atom stereocenters. The first-order valence-corrected chi connectivity index (χ1v) is 9.17. The molecule has 3 N–H and O–H groups in total. The Morgan fingerprint density at radius 1 is 1.33 bits per heavy atom. The highest BCUT2D eigenvalue weighted by molar-refractivity contribution is 7.91. The van der Waals surface area contributed by atoms with Crippen LogP contribution in [-0.2, 0) is 10.0 Å². The van der Waals surface area contributed by atoms with Gasteiger partial charge in [-0.05, 0) is 18.9 Å². The SMILES string of the molecule is O=C(O)c1csc(S(=O)(=O)NCC2(CO)CCCCC2)c1. The fourth-order valence-corrected chi connectivity index (χ4v) is 4.94. The predicted octanol–water partition coefficient (Wildman–Crippen LogP) is 1.67. The lowest BCUT2D eigenvalue weighted by Crippen LogP contribution is -2.41. The molecule has 1 aliphatic carbocycles. The Bertz CT molecular complexity index is 602. The Hall–Kier alpha value is -0.960. The minimum atomic E-state index is -3.73. The van der Waals surface area contributed by atoms with Crippen LogP contribution in [0.3, 0.4) is 0 Å². The van der Waals surface area contributed by atoms with Crippen molar-refractivity contribution < 1.29 is 23.4 Å². The summed E-state index contributed by atoms with van der Waals surface area (Å²) in [5, 5.41) is 19.7. The zero-order valence-corrected chi connectivity index (χ0v) is 13.2. The van der Waals surface area contributed by atoms with Crippen molar-refractivity contribution in [1.82, 2.24) is 4.72 Å². The second-order valence-electron chi connectivity index (χ2n) is 5.50. The number of aromatic carboxylic acids is 1. The minimum absolute atomic E-state index is 0.0104. The Morgan fingerprint density at radius 2 is 2.00 bits per heavy atom. The van der Waals surface area contributed by atoms with E-state index in [0.29, 0.717) is 0 Å². The predicted molar refractivity (Wildman–Crippen MR) is 79.1 cm³/mol. The summed E-state index contributed by atoms with van der Waals surface area (Å²) in [5.74, 6) is -1.15. The fraction of sp³-hybridized carbons (Fsp3) is 0.615. The minimum Gasteiger partial charge on any atom is -0.478 e. The topological polar surface area (TPSA) is 104 Å². The highest BCUT2D eigenvalue weighted by atomic mass is 32.2. The van der Waals surface area contributed by atoms with E-state index in [0.717, 1.165) is 49.5 Å². The molecule has 0 saturated heterocycles. The quantitative estimate of drug-likeness (QED) is 0.734. The molecule has 0 amide bonds. The Morgan fingerprint density at radius 3 is 2.52 bits per heavy atom. The van der Waals surface area contributed by atoms with Gasteiger partial charge in [-0.15, -0.1) is 11.3 Å². The number of carbonyl (C=O) groups is 1. The largest absolute Gasteiger partial charge is 0.478 e. The number of hydrogen-bond acceptors (Lipinski definition) is 5. The molecule has 0 aliphatic heterocycles. The van der Waals surface area contributed by atoms with Crippen molar-refractivity contribution in [3.63, 3.8) is 0 Å². The van der Waals surface area contributed by atoms with Gasteiger partial charge in [0, 0.05) is 23.9 Å². The monoisotopic (exact) mass is 333 g/mol. The average Bonchev–Trinajstić information content (AvgIpc) is 2.97. The van der Waals surface area contributed by atoms with Gasteiger partial charge in [-0.25, -0.2) is 17.9 Å². The lowest BCUT2D eigenvalue weighted by Gasteiger charge is -2.35. The van der Waals surface area contributed by atoms with Gasteiger partial charge < -0.3 is 10.2 Å². The van der Waals surface area contributed by atoms with Gasteiger partial charge in [0.05, 0.1) is 5.56 Å². The van der Waals surface area contributed by atoms with E-state index in [4.69, 9.17) is 5.11 Å². The third kappa shape index (κ3) is 3.82.